The second-order valence-corrected chi connectivity index (χ2v) is 4.46. The van der Waals surface area contributed by atoms with Crippen molar-refractivity contribution < 1.29 is 19.4 Å². The lowest BCUT2D eigenvalue weighted by Gasteiger charge is -2.10. The Morgan fingerprint density at radius 2 is 2.30 bits per heavy atom. The highest BCUT2D eigenvalue weighted by Gasteiger charge is 2.09. The molecule has 1 unspecified atom stereocenters. The first-order valence-electron chi connectivity index (χ1n) is 6.17. The Hall–Kier alpha value is -2.21. The number of pyridine rings is 1. The van der Waals surface area contributed by atoms with Gasteiger partial charge in [-0.2, -0.15) is 0 Å². The molecular formula is C14H18N2O4. The number of aliphatic carboxylic acids is 1. The molecule has 0 aliphatic carbocycles. The lowest BCUT2D eigenvalue weighted by Crippen LogP contribution is -2.18. The molecule has 0 aromatic carbocycles. The van der Waals surface area contributed by atoms with Crippen LogP contribution in [0.4, 0.5) is 5.82 Å². The van der Waals surface area contributed by atoms with Gasteiger partial charge < -0.3 is 15.2 Å². The molecule has 0 aliphatic heterocycles. The van der Waals surface area contributed by atoms with Gasteiger partial charge in [-0.25, -0.2) is 9.78 Å². The largest absolute Gasteiger partial charge is 0.478 e. The van der Waals surface area contributed by atoms with Gasteiger partial charge in [0.1, 0.15) is 5.82 Å². The van der Waals surface area contributed by atoms with Crippen LogP contribution in [0, 0.1) is 5.92 Å². The van der Waals surface area contributed by atoms with Crippen LogP contribution in [-0.2, 0) is 14.3 Å². The van der Waals surface area contributed by atoms with Gasteiger partial charge in [0.05, 0.1) is 0 Å². The Labute approximate surface area is 117 Å². The number of hydrogen-bond acceptors (Lipinski definition) is 4. The van der Waals surface area contributed by atoms with Crippen LogP contribution in [0.1, 0.15) is 18.9 Å². The summed E-state index contributed by atoms with van der Waals surface area (Å²) in [5, 5.41) is 11.2. The molecule has 0 saturated heterocycles. The van der Waals surface area contributed by atoms with E-state index in [0.29, 0.717) is 24.4 Å². The molecule has 1 atom stereocenters. The first-order chi connectivity index (χ1) is 9.51. The maximum Gasteiger partial charge on any atom is 0.328 e. The van der Waals surface area contributed by atoms with Crippen molar-refractivity contribution in [2.24, 2.45) is 5.92 Å². The minimum absolute atomic E-state index is 0.120. The van der Waals surface area contributed by atoms with E-state index in [1.165, 1.54) is 12.3 Å². The van der Waals surface area contributed by atoms with Gasteiger partial charge in [0, 0.05) is 32.4 Å². The number of amides is 1. The number of nitrogens with one attached hydrogen (secondary N) is 1. The van der Waals surface area contributed by atoms with Crippen molar-refractivity contribution in [3.8, 4) is 0 Å². The normalized spacial score (nSPS) is 12.3. The fourth-order valence-electron chi connectivity index (χ4n) is 1.64. The summed E-state index contributed by atoms with van der Waals surface area (Å²) < 4.78 is 4.97. The molecule has 2 N–H and O–H groups in total. The number of carboxylic acid groups (broad SMARTS) is 1. The second-order valence-electron chi connectivity index (χ2n) is 4.46. The molecule has 0 aliphatic rings. The van der Waals surface area contributed by atoms with E-state index < -0.39 is 5.97 Å². The summed E-state index contributed by atoms with van der Waals surface area (Å²) in [5.41, 5.74) is 0.655. The van der Waals surface area contributed by atoms with E-state index in [1.54, 1.807) is 19.2 Å². The van der Waals surface area contributed by atoms with Gasteiger partial charge in [-0.15, -0.1) is 0 Å². The Morgan fingerprint density at radius 3 is 2.95 bits per heavy atom. The number of methoxy groups -OCH3 is 1. The topological polar surface area (TPSA) is 88.5 Å². The standard InChI is InChI=1S/C14H18N2O4/c1-10(9-20-2)7-13(17)16-12-8-11(5-6-15-12)3-4-14(18)19/h3-6,8,10H,7,9H2,1-2H3,(H,18,19)(H,15,16,17)/b4-3+. The van der Waals surface area contributed by atoms with E-state index in [1.807, 2.05) is 6.92 Å². The SMILES string of the molecule is COCC(C)CC(=O)Nc1cc(/C=C/C(=O)O)ccn1. The lowest BCUT2D eigenvalue weighted by atomic mass is 10.1. The summed E-state index contributed by atoms with van der Waals surface area (Å²) in [6.07, 6.45) is 4.31. The predicted octanol–water partition coefficient (Wildman–Crippen LogP) is 1.79. The van der Waals surface area contributed by atoms with Crippen molar-refractivity contribution in [3.05, 3.63) is 30.0 Å². The fraction of sp³-hybridized carbons (Fsp3) is 0.357. The van der Waals surface area contributed by atoms with Crippen molar-refractivity contribution >= 4 is 23.8 Å². The van der Waals surface area contributed by atoms with Crippen molar-refractivity contribution in [2.45, 2.75) is 13.3 Å². The second kappa shape index (κ2) is 8.06. The quantitative estimate of drug-likeness (QED) is 0.742. The van der Waals surface area contributed by atoms with Gasteiger partial charge in [-0.05, 0) is 29.7 Å². The molecule has 20 heavy (non-hydrogen) atoms. The maximum atomic E-state index is 11.8. The number of carbonyl (C=O) groups is 2. The zero-order chi connectivity index (χ0) is 15.0. The first-order valence-corrected chi connectivity index (χ1v) is 6.17. The Kier molecular flexibility index (Phi) is 6.39. The molecule has 0 bridgehead atoms. The lowest BCUT2D eigenvalue weighted by molar-refractivity contribution is -0.131. The molecule has 0 fully saturated rings. The van der Waals surface area contributed by atoms with Crippen LogP contribution >= 0.6 is 0 Å². The third-order valence-corrected chi connectivity index (χ3v) is 2.45. The van der Waals surface area contributed by atoms with Crippen molar-refractivity contribution in [3.63, 3.8) is 0 Å². The zero-order valence-corrected chi connectivity index (χ0v) is 11.5. The number of anilines is 1. The Bertz CT molecular complexity index is 500. The zero-order valence-electron chi connectivity index (χ0n) is 11.5. The third kappa shape index (κ3) is 6.10. The summed E-state index contributed by atoms with van der Waals surface area (Å²) in [6.45, 7) is 2.44. The Morgan fingerprint density at radius 1 is 1.55 bits per heavy atom. The van der Waals surface area contributed by atoms with E-state index in [4.69, 9.17) is 9.84 Å². The van der Waals surface area contributed by atoms with E-state index in [-0.39, 0.29) is 11.8 Å². The summed E-state index contributed by atoms with van der Waals surface area (Å²) in [5.74, 6) is -0.663. The first kappa shape index (κ1) is 15.8. The van der Waals surface area contributed by atoms with Crippen molar-refractivity contribution in [2.75, 3.05) is 19.0 Å². The van der Waals surface area contributed by atoms with Crippen LogP contribution < -0.4 is 5.32 Å². The van der Waals surface area contributed by atoms with Gasteiger partial charge >= 0.3 is 5.97 Å². The van der Waals surface area contributed by atoms with Crippen LogP contribution in [0.2, 0.25) is 0 Å². The van der Waals surface area contributed by atoms with Crippen LogP contribution in [0.25, 0.3) is 6.08 Å². The number of carbonyl (C=O) groups excluding carboxylic acids is 1. The number of nitrogens with zero attached hydrogens (tertiary/aromatic N) is 1. The minimum atomic E-state index is -1.03. The summed E-state index contributed by atoms with van der Waals surface area (Å²) in [7, 11) is 1.59. The van der Waals surface area contributed by atoms with E-state index in [9.17, 15) is 9.59 Å². The van der Waals surface area contributed by atoms with Crippen LogP contribution in [0.5, 0.6) is 0 Å². The molecule has 6 nitrogen and oxygen atoms in total. The average Bonchev–Trinajstić information content (AvgIpc) is 2.36. The van der Waals surface area contributed by atoms with Gasteiger partial charge in [-0.3, -0.25) is 4.79 Å². The molecular weight excluding hydrogens is 260 g/mol. The molecule has 1 heterocycles. The molecule has 0 saturated carbocycles. The maximum absolute atomic E-state index is 11.8. The highest BCUT2D eigenvalue weighted by Crippen LogP contribution is 2.10. The third-order valence-electron chi connectivity index (χ3n) is 2.45. The van der Waals surface area contributed by atoms with Gasteiger partial charge in [0.15, 0.2) is 0 Å². The van der Waals surface area contributed by atoms with Gasteiger partial charge in [0.25, 0.3) is 0 Å². The van der Waals surface area contributed by atoms with Crippen molar-refractivity contribution in [1.29, 1.82) is 0 Å². The number of aromatic nitrogens is 1. The fourth-order valence-corrected chi connectivity index (χ4v) is 1.64. The molecule has 1 aromatic rings. The van der Waals surface area contributed by atoms with Gasteiger partial charge in [0.2, 0.25) is 5.91 Å². The summed E-state index contributed by atoms with van der Waals surface area (Å²) in [4.78, 5) is 26.2. The molecule has 1 aromatic heterocycles. The number of carboxylic acids is 1. The van der Waals surface area contributed by atoms with Crippen molar-refractivity contribution in [1.82, 2.24) is 4.98 Å². The Balaban J connectivity index is 2.61. The molecule has 108 valence electrons. The monoisotopic (exact) mass is 278 g/mol. The summed E-state index contributed by atoms with van der Waals surface area (Å²) >= 11 is 0. The smallest absolute Gasteiger partial charge is 0.328 e. The molecule has 1 amide bonds. The average molecular weight is 278 g/mol. The highest BCUT2D eigenvalue weighted by molar-refractivity contribution is 5.90. The van der Waals surface area contributed by atoms with Crippen LogP contribution in [0.3, 0.4) is 0 Å². The number of hydrogen-bond donors (Lipinski definition) is 2. The van der Waals surface area contributed by atoms with Crippen LogP contribution in [-0.4, -0.2) is 35.7 Å². The number of ether oxygens (including phenoxy) is 1. The molecule has 1 rings (SSSR count). The summed E-state index contributed by atoms with van der Waals surface area (Å²) in [6, 6.07) is 3.26. The predicted molar refractivity (Wildman–Crippen MR) is 75.2 cm³/mol. The highest BCUT2D eigenvalue weighted by atomic mass is 16.5. The van der Waals surface area contributed by atoms with E-state index in [0.717, 1.165) is 6.08 Å². The van der Waals surface area contributed by atoms with Gasteiger partial charge in [-0.1, -0.05) is 6.92 Å². The molecule has 0 spiro atoms. The number of rotatable bonds is 7. The molecule has 6 heteroatoms. The molecule has 0 radical (unpaired) electrons. The van der Waals surface area contributed by atoms with Crippen LogP contribution in [0.15, 0.2) is 24.4 Å². The van der Waals surface area contributed by atoms with E-state index in [2.05, 4.69) is 10.3 Å². The van der Waals surface area contributed by atoms with E-state index >= 15 is 0 Å². The minimum Gasteiger partial charge on any atom is -0.478 e.